The van der Waals surface area contributed by atoms with Gasteiger partial charge in [0.2, 0.25) is 0 Å². The van der Waals surface area contributed by atoms with Crippen LogP contribution in [0.4, 0.5) is 0 Å². The van der Waals surface area contributed by atoms with Crippen molar-refractivity contribution in [3.8, 4) is 5.75 Å². The number of carbonyl (C=O) groups excluding carboxylic acids is 1. The van der Waals surface area contributed by atoms with Crippen LogP contribution in [0, 0.1) is 6.92 Å². The van der Waals surface area contributed by atoms with Crippen molar-refractivity contribution in [1.29, 1.82) is 0 Å². The van der Waals surface area contributed by atoms with Crippen molar-refractivity contribution in [1.82, 2.24) is 5.32 Å². The van der Waals surface area contributed by atoms with Gasteiger partial charge in [-0.25, -0.2) is 0 Å². The monoisotopic (exact) mass is 236 g/mol. The minimum absolute atomic E-state index is 0.0501. The Bertz CT molecular complexity index is 378. The Morgan fingerprint density at radius 2 is 2.24 bits per heavy atom. The van der Waals surface area contributed by atoms with Crippen LogP contribution < -0.4 is 15.8 Å². The summed E-state index contributed by atoms with van der Waals surface area (Å²) in [6, 6.07) is 5.90. The second kappa shape index (κ2) is 6.91. The van der Waals surface area contributed by atoms with Gasteiger partial charge in [0.1, 0.15) is 5.75 Å². The van der Waals surface area contributed by atoms with E-state index in [2.05, 4.69) is 5.32 Å². The molecule has 1 rings (SSSR count). The molecule has 0 saturated heterocycles. The average molecular weight is 236 g/mol. The molecule has 0 unspecified atom stereocenters. The number of hydrogen-bond donors (Lipinski definition) is 2. The van der Waals surface area contributed by atoms with Gasteiger partial charge >= 0.3 is 0 Å². The summed E-state index contributed by atoms with van der Waals surface area (Å²) in [7, 11) is 0. The molecule has 4 nitrogen and oxygen atoms in total. The second-order valence-corrected chi connectivity index (χ2v) is 3.89. The molecule has 0 aliphatic rings. The Balaban J connectivity index is 2.66. The smallest absolute Gasteiger partial charge is 0.257 e. The van der Waals surface area contributed by atoms with Crippen molar-refractivity contribution in [3.63, 3.8) is 0 Å². The molecule has 0 bridgehead atoms. The van der Waals surface area contributed by atoms with Crippen molar-refractivity contribution in [3.05, 3.63) is 29.3 Å². The molecule has 1 aromatic rings. The standard InChI is InChI=1S/C13H20N2O2/c1-3-15-13(16)9-17-12-5-4-10(2)8-11(12)6-7-14/h4-5,8H,3,6-7,9,14H2,1-2H3,(H,15,16). The fourth-order valence-electron chi connectivity index (χ4n) is 1.59. The lowest BCUT2D eigenvalue weighted by atomic mass is 10.1. The van der Waals surface area contributed by atoms with Gasteiger partial charge in [-0.05, 0) is 38.4 Å². The van der Waals surface area contributed by atoms with E-state index in [4.69, 9.17) is 10.5 Å². The number of nitrogens with two attached hydrogens (primary N) is 1. The van der Waals surface area contributed by atoms with Gasteiger partial charge < -0.3 is 15.8 Å². The van der Waals surface area contributed by atoms with Crippen LogP contribution in [-0.2, 0) is 11.2 Å². The predicted octanol–water partition coefficient (Wildman–Crippen LogP) is 1.01. The van der Waals surface area contributed by atoms with Gasteiger partial charge in [-0.2, -0.15) is 0 Å². The summed E-state index contributed by atoms with van der Waals surface area (Å²) in [5.74, 6) is 0.638. The highest BCUT2D eigenvalue weighted by molar-refractivity contribution is 5.77. The van der Waals surface area contributed by atoms with Crippen molar-refractivity contribution in [2.45, 2.75) is 20.3 Å². The van der Waals surface area contributed by atoms with E-state index in [1.54, 1.807) is 0 Å². The highest BCUT2D eigenvalue weighted by Gasteiger charge is 2.06. The number of likely N-dealkylation sites (N-methyl/N-ethyl adjacent to an activating group) is 1. The van der Waals surface area contributed by atoms with E-state index in [9.17, 15) is 4.79 Å². The van der Waals surface area contributed by atoms with Crippen LogP contribution in [0.15, 0.2) is 18.2 Å². The number of nitrogens with one attached hydrogen (secondary N) is 1. The molecule has 0 saturated carbocycles. The minimum atomic E-state index is -0.105. The van der Waals surface area contributed by atoms with Crippen LogP contribution in [0.5, 0.6) is 5.75 Å². The van der Waals surface area contributed by atoms with E-state index < -0.39 is 0 Å². The van der Waals surface area contributed by atoms with Crippen molar-refractivity contribution in [2.75, 3.05) is 19.7 Å². The van der Waals surface area contributed by atoms with E-state index in [0.717, 1.165) is 17.7 Å². The summed E-state index contributed by atoms with van der Waals surface area (Å²) >= 11 is 0. The molecule has 0 fully saturated rings. The molecule has 3 N–H and O–H groups in total. The van der Waals surface area contributed by atoms with Gasteiger partial charge in [0.05, 0.1) is 0 Å². The summed E-state index contributed by atoms with van der Waals surface area (Å²) in [6.07, 6.45) is 0.756. The molecular formula is C13H20N2O2. The lowest BCUT2D eigenvalue weighted by Crippen LogP contribution is -2.28. The van der Waals surface area contributed by atoms with Crippen LogP contribution in [-0.4, -0.2) is 25.6 Å². The first kappa shape index (κ1) is 13.5. The fourth-order valence-corrected chi connectivity index (χ4v) is 1.59. The molecule has 0 spiro atoms. The van der Waals surface area contributed by atoms with E-state index in [1.165, 1.54) is 5.56 Å². The molecule has 1 amide bonds. The third kappa shape index (κ3) is 4.44. The summed E-state index contributed by atoms with van der Waals surface area (Å²) in [6.45, 7) is 5.14. The lowest BCUT2D eigenvalue weighted by molar-refractivity contribution is -0.122. The highest BCUT2D eigenvalue weighted by atomic mass is 16.5. The zero-order valence-corrected chi connectivity index (χ0v) is 10.5. The molecule has 0 aliphatic carbocycles. The number of ether oxygens (including phenoxy) is 1. The third-order valence-corrected chi connectivity index (χ3v) is 2.36. The van der Waals surface area contributed by atoms with Gasteiger partial charge in [0.15, 0.2) is 6.61 Å². The van der Waals surface area contributed by atoms with Crippen LogP contribution in [0.25, 0.3) is 0 Å². The normalized spacial score (nSPS) is 10.1. The third-order valence-electron chi connectivity index (χ3n) is 2.36. The molecule has 94 valence electrons. The summed E-state index contributed by atoms with van der Waals surface area (Å²) in [5.41, 5.74) is 7.77. The van der Waals surface area contributed by atoms with Gasteiger partial charge in [-0.15, -0.1) is 0 Å². The van der Waals surface area contributed by atoms with E-state index in [0.29, 0.717) is 13.1 Å². The SMILES string of the molecule is CCNC(=O)COc1ccc(C)cc1CCN. The molecule has 4 heteroatoms. The quantitative estimate of drug-likeness (QED) is 0.775. The molecule has 0 heterocycles. The number of rotatable bonds is 6. The molecule has 1 aromatic carbocycles. The Kier molecular flexibility index (Phi) is 5.49. The van der Waals surface area contributed by atoms with E-state index in [1.807, 2.05) is 32.0 Å². The first-order valence-corrected chi connectivity index (χ1v) is 5.86. The number of aryl methyl sites for hydroxylation is 1. The average Bonchev–Trinajstić information content (AvgIpc) is 2.29. The number of hydrogen-bond acceptors (Lipinski definition) is 3. The predicted molar refractivity (Wildman–Crippen MR) is 68.1 cm³/mol. The largest absolute Gasteiger partial charge is 0.483 e. The fraction of sp³-hybridized carbons (Fsp3) is 0.462. The van der Waals surface area contributed by atoms with Crippen molar-refractivity contribution >= 4 is 5.91 Å². The topological polar surface area (TPSA) is 64.3 Å². The van der Waals surface area contributed by atoms with Crippen molar-refractivity contribution in [2.24, 2.45) is 5.73 Å². The molecule has 17 heavy (non-hydrogen) atoms. The first-order chi connectivity index (χ1) is 8.17. The van der Waals surface area contributed by atoms with Gasteiger partial charge in [0.25, 0.3) is 5.91 Å². The van der Waals surface area contributed by atoms with Crippen LogP contribution in [0.3, 0.4) is 0 Å². The molecule has 0 atom stereocenters. The molecular weight excluding hydrogens is 216 g/mol. The number of amides is 1. The molecule has 0 radical (unpaired) electrons. The maximum Gasteiger partial charge on any atom is 0.257 e. The Labute approximate surface area is 102 Å². The van der Waals surface area contributed by atoms with Crippen LogP contribution in [0.1, 0.15) is 18.1 Å². The van der Waals surface area contributed by atoms with Crippen molar-refractivity contribution < 1.29 is 9.53 Å². The Morgan fingerprint density at radius 3 is 2.88 bits per heavy atom. The van der Waals surface area contributed by atoms with E-state index >= 15 is 0 Å². The summed E-state index contributed by atoms with van der Waals surface area (Å²) in [4.78, 5) is 11.3. The molecule has 0 aromatic heterocycles. The van der Waals surface area contributed by atoms with Gasteiger partial charge in [0, 0.05) is 6.54 Å². The van der Waals surface area contributed by atoms with Crippen LogP contribution >= 0.6 is 0 Å². The molecule has 0 aliphatic heterocycles. The number of benzene rings is 1. The highest BCUT2D eigenvalue weighted by Crippen LogP contribution is 2.20. The maximum absolute atomic E-state index is 11.3. The number of carbonyl (C=O) groups is 1. The zero-order chi connectivity index (χ0) is 12.7. The summed E-state index contributed by atoms with van der Waals surface area (Å²) in [5, 5.41) is 2.69. The second-order valence-electron chi connectivity index (χ2n) is 3.89. The summed E-state index contributed by atoms with van der Waals surface area (Å²) < 4.78 is 5.49. The maximum atomic E-state index is 11.3. The van der Waals surface area contributed by atoms with Crippen LogP contribution in [0.2, 0.25) is 0 Å². The minimum Gasteiger partial charge on any atom is -0.483 e. The zero-order valence-electron chi connectivity index (χ0n) is 10.5. The Hall–Kier alpha value is -1.55. The lowest BCUT2D eigenvalue weighted by Gasteiger charge is -2.11. The first-order valence-electron chi connectivity index (χ1n) is 5.86. The van der Waals surface area contributed by atoms with Gasteiger partial charge in [-0.1, -0.05) is 17.7 Å². The Morgan fingerprint density at radius 1 is 1.47 bits per heavy atom. The van der Waals surface area contributed by atoms with Gasteiger partial charge in [-0.3, -0.25) is 4.79 Å². The van der Waals surface area contributed by atoms with E-state index in [-0.39, 0.29) is 12.5 Å².